The van der Waals surface area contributed by atoms with E-state index < -0.39 is 6.04 Å². The minimum atomic E-state index is -0.654. The van der Waals surface area contributed by atoms with Crippen molar-refractivity contribution in [2.75, 3.05) is 5.32 Å². The third-order valence-electron chi connectivity index (χ3n) is 2.11. The van der Waals surface area contributed by atoms with Gasteiger partial charge in [-0.25, -0.2) is 0 Å². The zero-order valence-corrected chi connectivity index (χ0v) is 9.87. The number of nitrogens with two attached hydrogens (primary N) is 1. The van der Waals surface area contributed by atoms with Crippen molar-refractivity contribution in [3.8, 4) is 6.07 Å². The molecule has 5 heteroatoms. The van der Waals surface area contributed by atoms with E-state index >= 15 is 0 Å². The number of amides is 1. The zero-order valence-electron chi connectivity index (χ0n) is 9.11. The Balaban J connectivity index is 2.79. The molecule has 0 aromatic heterocycles. The SMILES string of the molecule is C=CCC(N)C(=O)Nc1ccc(C#N)cc1Cl. The van der Waals surface area contributed by atoms with E-state index in [1.54, 1.807) is 18.2 Å². The Morgan fingerprint density at radius 3 is 2.94 bits per heavy atom. The van der Waals surface area contributed by atoms with Crippen molar-refractivity contribution in [2.45, 2.75) is 12.5 Å². The molecule has 0 saturated heterocycles. The van der Waals surface area contributed by atoms with Crippen molar-refractivity contribution >= 4 is 23.2 Å². The van der Waals surface area contributed by atoms with Gasteiger partial charge in [-0.2, -0.15) is 5.26 Å². The van der Waals surface area contributed by atoms with Crippen LogP contribution in [0.15, 0.2) is 30.9 Å². The average molecular weight is 250 g/mol. The third kappa shape index (κ3) is 3.59. The largest absolute Gasteiger partial charge is 0.323 e. The van der Waals surface area contributed by atoms with Gasteiger partial charge in [-0.15, -0.1) is 6.58 Å². The van der Waals surface area contributed by atoms with Gasteiger partial charge in [-0.05, 0) is 24.6 Å². The van der Waals surface area contributed by atoms with Gasteiger partial charge >= 0.3 is 0 Å². The quantitative estimate of drug-likeness (QED) is 0.802. The van der Waals surface area contributed by atoms with Gasteiger partial charge in [-0.3, -0.25) is 4.79 Å². The number of benzene rings is 1. The molecule has 0 bridgehead atoms. The Morgan fingerprint density at radius 1 is 1.71 bits per heavy atom. The number of nitrogens with one attached hydrogen (secondary N) is 1. The Kier molecular flexibility index (Phi) is 4.70. The van der Waals surface area contributed by atoms with Crippen LogP contribution in [0.4, 0.5) is 5.69 Å². The molecule has 0 aliphatic carbocycles. The van der Waals surface area contributed by atoms with Crippen molar-refractivity contribution in [3.63, 3.8) is 0 Å². The number of halogens is 1. The van der Waals surface area contributed by atoms with Crippen molar-refractivity contribution in [1.29, 1.82) is 5.26 Å². The number of nitrogens with zero attached hydrogens (tertiary/aromatic N) is 1. The van der Waals surface area contributed by atoms with Crippen molar-refractivity contribution in [1.82, 2.24) is 0 Å². The van der Waals surface area contributed by atoms with Crippen LogP contribution in [0.1, 0.15) is 12.0 Å². The van der Waals surface area contributed by atoms with Crippen molar-refractivity contribution < 1.29 is 4.79 Å². The van der Waals surface area contributed by atoms with E-state index in [0.29, 0.717) is 22.7 Å². The predicted molar refractivity (Wildman–Crippen MR) is 67.6 cm³/mol. The van der Waals surface area contributed by atoms with Crippen LogP contribution in [0.25, 0.3) is 0 Å². The summed E-state index contributed by atoms with van der Waals surface area (Å²) in [7, 11) is 0. The van der Waals surface area contributed by atoms with Gasteiger partial charge in [0.2, 0.25) is 5.91 Å². The number of nitriles is 1. The molecule has 0 fully saturated rings. The predicted octanol–water partition coefficient (Wildman–Crippen LogP) is 2.05. The van der Waals surface area contributed by atoms with E-state index in [2.05, 4.69) is 11.9 Å². The second-order valence-corrected chi connectivity index (χ2v) is 3.83. The molecule has 4 nitrogen and oxygen atoms in total. The standard InChI is InChI=1S/C12H12ClN3O/c1-2-3-10(15)12(17)16-11-5-4-8(7-14)6-9(11)13/h2,4-6,10H,1,3,15H2,(H,16,17). The van der Waals surface area contributed by atoms with Crippen LogP contribution in [-0.4, -0.2) is 11.9 Å². The molecular formula is C12H12ClN3O. The van der Waals surface area contributed by atoms with Crippen LogP contribution in [0.5, 0.6) is 0 Å². The van der Waals surface area contributed by atoms with Gasteiger partial charge < -0.3 is 11.1 Å². The highest BCUT2D eigenvalue weighted by Gasteiger charge is 2.13. The first-order chi connectivity index (χ1) is 8.08. The molecule has 0 spiro atoms. The minimum absolute atomic E-state index is 0.309. The lowest BCUT2D eigenvalue weighted by Gasteiger charge is -2.11. The molecule has 1 amide bonds. The molecule has 0 radical (unpaired) electrons. The topological polar surface area (TPSA) is 78.9 Å². The molecule has 3 N–H and O–H groups in total. The summed E-state index contributed by atoms with van der Waals surface area (Å²) in [5, 5.41) is 11.6. The summed E-state index contributed by atoms with van der Waals surface area (Å²) in [4.78, 5) is 11.6. The summed E-state index contributed by atoms with van der Waals surface area (Å²) in [5.41, 5.74) is 6.48. The van der Waals surface area contributed by atoms with E-state index in [9.17, 15) is 4.79 Å². The molecule has 1 atom stereocenters. The maximum atomic E-state index is 11.6. The molecule has 0 aliphatic rings. The molecule has 1 aromatic rings. The first kappa shape index (κ1) is 13.2. The molecule has 1 rings (SSSR count). The monoisotopic (exact) mass is 249 g/mol. The van der Waals surface area contributed by atoms with Crippen LogP contribution in [0.2, 0.25) is 5.02 Å². The van der Waals surface area contributed by atoms with Crippen molar-refractivity contribution in [2.24, 2.45) is 5.73 Å². The summed E-state index contributed by atoms with van der Waals surface area (Å²) in [6.45, 7) is 3.51. The second kappa shape index (κ2) is 6.04. The highest BCUT2D eigenvalue weighted by Crippen LogP contribution is 2.22. The number of hydrogen-bond acceptors (Lipinski definition) is 3. The van der Waals surface area contributed by atoms with E-state index in [1.807, 2.05) is 6.07 Å². The number of anilines is 1. The van der Waals surface area contributed by atoms with Gasteiger partial charge in [0.1, 0.15) is 0 Å². The summed E-state index contributed by atoms with van der Waals surface area (Å²) in [5.74, 6) is -0.337. The summed E-state index contributed by atoms with van der Waals surface area (Å²) < 4.78 is 0. The first-order valence-electron chi connectivity index (χ1n) is 4.95. The Bertz CT molecular complexity index is 479. The molecule has 17 heavy (non-hydrogen) atoms. The van der Waals surface area contributed by atoms with Gasteiger partial charge in [0.05, 0.1) is 28.4 Å². The lowest BCUT2D eigenvalue weighted by molar-refractivity contribution is -0.117. The normalized spacial score (nSPS) is 11.4. The fourth-order valence-corrected chi connectivity index (χ4v) is 1.43. The fraction of sp³-hybridized carbons (Fsp3) is 0.167. The van der Waals surface area contributed by atoms with Crippen molar-refractivity contribution in [3.05, 3.63) is 41.4 Å². The molecule has 0 heterocycles. The smallest absolute Gasteiger partial charge is 0.241 e. The second-order valence-electron chi connectivity index (χ2n) is 3.43. The first-order valence-corrected chi connectivity index (χ1v) is 5.33. The van der Waals surface area contributed by atoms with Crippen LogP contribution in [0.3, 0.4) is 0 Å². The lowest BCUT2D eigenvalue weighted by atomic mass is 10.2. The van der Waals surface area contributed by atoms with Gasteiger partial charge in [0.25, 0.3) is 0 Å². The van der Waals surface area contributed by atoms with Gasteiger partial charge in [0, 0.05) is 0 Å². The van der Waals surface area contributed by atoms with Crippen LogP contribution < -0.4 is 11.1 Å². The summed E-state index contributed by atoms with van der Waals surface area (Å²) in [6.07, 6.45) is 1.96. The minimum Gasteiger partial charge on any atom is -0.323 e. The van der Waals surface area contributed by atoms with Crippen LogP contribution >= 0.6 is 11.6 Å². The number of carbonyl (C=O) groups is 1. The Labute approximate surface area is 105 Å². The molecule has 0 saturated carbocycles. The lowest BCUT2D eigenvalue weighted by Crippen LogP contribution is -2.35. The summed E-state index contributed by atoms with van der Waals surface area (Å²) >= 11 is 5.91. The van der Waals surface area contributed by atoms with E-state index in [1.165, 1.54) is 6.07 Å². The Morgan fingerprint density at radius 2 is 2.41 bits per heavy atom. The number of hydrogen-bond donors (Lipinski definition) is 2. The average Bonchev–Trinajstić information content (AvgIpc) is 2.31. The number of rotatable bonds is 4. The third-order valence-corrected chi connectivity index (χ3v) is 2.43. The fourth-order valence-electron chi connectivity index (χ4n) is 1.20. The molecule has 1 aromatic carbocycles. The zero-order chi connectivity index (χ0) is 12.8. The van der Waals surface area contributed by atoms with Crippen LogP contribution in [-0.2, 0) is 4.79 Å². The van der Waals surface area contributed by atoms with E-state index in [0.717, 1.165) is 0 Å². The van der Waals surface area contributed by atoms with Gasteiger partial charge in [-0.1, -0.05) is 17.7 Å². The van der Waals surface area contributed by atoms with E-state index in [-0.39, 0.29) is 5.91 Å². The maximum absolute atomic E-state index is 11.6. The molecule has 1 unspecified atom stereocenters. The summed E-state index contributed by atoms with van der Waals surface area (Å²) in [6, 6.07) is 5.92. The highest BCUT2D eigenvalue weighted by molar-refractivity contribution is 6.33. The highest BCUT2D eigenvalue weighted by atomic mass is 35.5. The van der Waals surface area contributed by atoms with E-state index in [4.69, 9.17) is 22.6 Å². The molecule has 0 aliphatic heterocycles. The molecule has 88 valence electrons. The molecular weight excluding hydrogens is 238 g/mol. The van der Waals surface area contributed by atoms with Gasteiger partial charge in [0.15, 0.2) is 0 Å². The Hall–Kier alpha value is -1.83. The number of carbonyl (C=O) groups excluding carboxylic acids is 1. The van der Waals surface area contributed by atoms with Crippen LogP contribution in [0, 0.1) is 11.3 Å². The maximum Gasteiger partial charge on any atom is 0.241 e.